The van der Waals surface area contributed by atoms with Crippen LogP contribution in [0.3, 0.4) is 0 Å². The summed E-state index contributed by atoms with van der Waals surface area (Å²) >= 11 is 5.82. The number of rotatable bonds is 6. The molecule has 0 radical (unpaired) electrons. The van der Waals surface area contributed by atoms with E-state index in [9.17, 15) is 9.59 Å². The van der Waals surface area contributed by atoms with E-state index >= 15 is 0 Å². The van der Waals surface area contributed by atoms with Gasteiger partial charge in [-0.25, -0.2) is 9.78 Å². The first-order chi connectivity index (χ1) is 11.5. The minimum absolute atomic E-state index is 0.299. The molecule has 1 atom stereocenters. The number of benzene rings is 1. The molecular weight excluding hydrogens is 330 g/mol. The first-order valence-electron chi connectivity index (χ1n) is 7.46. The van der Waals surface area contributed by atoms with Gasteiger partial charge in [-0.3, -0.25) is 4.79 Å². The minimum Gasteiger partial charge on any atom is -0.464 e. The van der Waals surface area contributed by atoms with Gasteiger partial charge in [-0.15, -0.1) is 0 Å². The van der Waals surface area contributed by atoms with E-state index in [2.05, 4.69) is 15.6 Å². The fourth-order valence-corrected chi connectivity index (χ4v) is 2.07. The zero-order chi connectivity index (χ0) is 17.5. The molecule has 0 spiro atoms. The average molecular weight is 348 g/mol. The Morgan fingerprint density at radius 2 is 1.96 bits per heavy atom. The highest BCUT2D eigenvalue weighted by molar-refractivity contribution is 6.30. The smallest absolute Gasteiger partial charge is 0.328 e. The van der Waals surface area contributed by atoms with Crippen LogP contribution in [-0.2, 0) is 9.53 Å². The second kappa shape index (κ2) is 8.31. The lowest BCUT2D eigenvalue weighted by atomic mass is 10.2. The number of halogens is 1. The topological polar surface area (TPSA) is 80.3 Å². The van der Waals surface area contributed by atoms with Crippen LogP contribution in [0.5, 0.6) is 0 Å². The number of aromatic nitrogens is 1. The third-order valence-corrected chi connectivity index (χ3v) is 3.41. The number of carbonyl (C=O) groups is 2. The van der Waals surface area contributed by atoms with E-state index in [0.29, 0.717) is 28.7 Å². The number of hydrogen-bond donors (Lipinski definition) is 2. The molecule has 0 aliphatic carbocycles. The van der Waals surface area contributed by atoms with Gasteiger partial charge in [0.2, 0.25) is 0 Å². The number of esters is 1. The molecule has 126 valence electrons. The maximum absolute atomic E-state index is 12.3. The fourth-order valence-electron chi connectivity index (χ4n) is 1.95. The molecule has 0 fully saturated rings. The van der Waals surface area contributed by atoms with Crippen molar-refractivity contribution >= 4 is 35.0 Å². The predicted octanol–water partition coefficient (Wildman–Crippen LogP) is 3.35. The van der Waals surface area contributed by atoms with Gasteiger partial charge in [-0.05, 0) is 50.2 Å². The van der Waals surface area contributed by atoms with Gasteiger partial charge < -0.3 is 15.4 Å². The molecule has 0 aliphatic rings. The van der Waals surface area contributed by atoms with E-state index in [-0.39, 0.29) is 5.91 Å². The molecule has 0 aliphatic heterocycles. The van der Waals surface area contributed by atoms with Crippen molar-refractivity contribution < 1.29 is 14.3 Å². The maximum Gasteiger partial charge on any atom is 0.328 e. The number of amides is 1. The summed E-state index contributed by atoms with van der Waals surface area (Å²) < 4.78 is 4.95. The van der Waals surface area contributed by atoms with E-state index in [0.717, 1.165) is 0 Å². The third kappa shape index (κ3) is 4.70. The molecule has 2 aromatic rings. The summed E-state index contributed by atoms with van der Waals surface area (Å²) in [6.07, 6.45) is 1.57. The summed E-state index contributed by atoms with van der Waals surface area (Å²) in [5.74, 6) is -0.301. The Bertz CT molecular complexity index is 719. The largest absolute Gasteiger partial charge is 0.464 e. The average Bonchev–Trinajstić information content (AvgIpc) is 2.57. The van der Waals surface area contributed by atoms with Gasteiger partial charge in [0.05, 0.1) is 12.3 Å². The second-order valence-corrected chi connectivity index (χ2v) is 5.42. The van der Waals surface area contributed by atoms with Gasteiger partial charge in [0, 0.05) is 16.8 Å². The molecule has 2 N–H and O–H groups in total. The van der Waals surface area contributed by atoms with Crippen molar-refractivity contribution in [1.29, 1.82) is 0 Å². The SMILES string of the molecule is CCOC(=O)[C@H](C)Nc1ncccc1NC(=O)c1ccc(Cl)cc1. The molecule has 1 heterocycles. The molecule has 7 heteroatoms. The quantitative estimate of drug-likeness (QED) is 0.783. The van der Waals surface area contributed by atoms with Crippen molar-refractivity contribution in [2.45, 2.75) is 19.9 Å². The Kier molecular flexibility index (Phi) is 6.14. The van der Waals surface area contributed by atoms with Crippen LogP contribution in [0.2, 0.25) is 5.02 Å². The van der Waals surface area contributed by atoms with Crippen molar-refractivity contribution in [3.05, 3.63) is 53.2 Å². The summed E-state index contributed by atoms with van der Waals surface area (Å²) in [5.41, 5.74) is 0.932. The van der Waals surface area contributed by atoms with Crippen LogP contribution >= 0.6 is 11.6 Å². The van der Waals surface area contributed by atoms with Crippen molar-refractivity contribution in [2.24, 2.45) is 0 Å². The first-order valence-corrected chi connectivity index (χ1v) is 7.84. The van der Waals surface area contributed by atoms with E-state index in [1.807, 2.05) is 0 Å². The molecule has 6 nitrogen and oxygen atoms in total. The maximum atomic E-state index is 12.3. The van der Waals surface area contributed by atoms with Crippen LogP contribution < -0.4 is 10.6 Å². The van der Waals surface area contributed by atoms with Crippen molar-refractivity contribution in [3.8, 4) is 0 Å². The summed E-state index contributed by atoms with van der Waals surface area (Å²) in [6, 6.07) is 9.33. The Morgan fingerprint density at radius 3 is 2.62 bits per heavy atom. The Balaban J connectivity index is 2.12. The predicted molar refractivity (Wildman–Crippen MR) is 93.4 cm³/mol. The molecule has 1 amide bonds. The standard InChI is InChI=1S/C17H18ClN3O3/c1-3-24-17(23)11(2)20-15-14(5-4-10-19-15)21-16(22)12-6-8-13(18)9-7-12/h4-11H,3H2,1-2H3,(H,19,20)(H,21,22)/t11-/m0/s1. The number of nitrogens with one attached hydrogen (secondary N) is 2. The number of nitrogens with zero attached hydrogens (tertiary/aromatic N) is 1. The minimum atomic E-state index is -0.592. The lowest BCUT2D eigenvalue weighted by Gasteiger charge is -2.16. The zero-order valence-electron chi connectivity index (χ0n) is 13.4. The summed E-state index contributed by atoms with van der Waals surface area (Å²) in [5, 5.41) is 6.26. The molecule has 0 unspecified atom stereocenters. The number of anilines is 2. The summed E-state index contributed by atoms with van der Waals surface area (Å²) in [4.78, 5) is 28.2. The van der Waals surface area contributed by atoms with Gasteiger partial charge in [0.15, 0.2) is 0 Å². The molecule has 0 saturated carbocycles. The second-order valence-electron chi connectivity index (χ2n) is 4.98. The molecule has 0 bridgehead atoms. The molecule has 0 saturated heterocycles. The zero-order valence-corrected chi connectivity index (χ0v) is 14.1. The van der Waals surface area contributed by atoms with Gasteiger partial charge in [0.1, 0.15) is 11.9 Å². The van der Waals surface area contributed by atoms with Gasteiger partial charge in [0.25, 0.3) is 5.91 Å². The highest BCUT2D eigenvalue weighted by Crippen LogP contribution is 2.20. The Morgan fingerprint density at radius 1 is 1.25 bits per heavy atom. The summed E-state index contributed by atoms with van der Waals surface area (Å²) in [7, 11) is 0. The molecular formula is C17H18ClN3O3. The van der Waals surface area contributed by atoms with Crippen molar-refractivity contribution in [2.75, 3.05) is 17.2 Å². The monoisotopic (exact) mass is 347 g/mol. The van der Waals surface area contributed by atoms with E-state index < -0.39 is 12.0 Å². The first kappa shape index (κ1) is 17.7. The fraction of sp³-hybridized carbons (Fsp3) is 0.235. The highest BCUT2D eigenvalue weighted by Gasteiger charge is 2.17. The van der Waals surface area contributed by atoms with E-state index in [1.54, 1.807) is 56.4 Å². The Hall–Kier alpha value is -2.60. The van der Waals surface area contributed by atoms with E-state index in [1.165, 1.54) is 0 Å². The van der Waals surface area contributed by atoms with Crippen LogP contribution in [-0.4, -0.2) is 29.5 Å². The molecule has 24 heavy (non-hydrogen) atoms. The van der Waals surface area contributed by atoms with Crippen LogP contribution in [0.1, 0.15) is 24.2 Å². The van der Waals surface area contributed by atoms with Gasteiger partial charge >= 0.3 is 5.97 Å². The van der Waals surface area contributed by atoms with Crippen molar-refractivity contribution in [1.82, 2.24) is 4.98 Å². The number of carbonyl (C=O) groups excluding carboxylic acids is 2. The number of pyridine rings is 1. The van der Waals surface area contributed by atoms with E-state index in [4.69, 9.17) is 16.3 Å². The molecule has 1 aromatic heterocycles. The molecule has 1 aromatic carbocycles. The van der Waals surface area contributed by atoms with Gasteiger partial charge in [-0.2, -0.15) is 0 Å². The Labute approximate surface area is 145 Å². The third-order valence-electron chi connectivity index (χ3n) is 3.16. The highest BCUT2D eigenvalue weighted by atomic mass is 35.5. The molecule has 2 rings (SSSR count). The van der Waals surface area contributed by atoms with Crippen LogP contribution in [0.4, 0.5) is 11.5 Å². The van der Waals surface area contributed by atoms with Crippen molar-refractivity contribution in [3.63, 3.8) is 0 Å². The van der Waals surface area contributed by atoms with Gasteiger partial charge in [-0.1, -0.05) is 11.6 Å². The van der Waals surface area contributed by atoms with Crippen LogP contribution in [0, 0.1) is 0 Å². The number of hydrogen-bond acceptors (Lipinski definition) is 5. The normalized spacial score (nSPS) is 11.5. The van der Waals surface area contributed by atoms with Crippen LogP contribution in [0.25, 0.3) is 0 Å². The number of ether oxygens (including phenoxy) is 1. The van der Waals surface area contributed by atoms with Crippen LogP contribution in [0.15, 0.2) is 42.6 Å². The lowest BCUT2D eigenvalue weighted by Crippen LogP contribution is -2.29. The lowest BCUT2D eigenvalue weighted by molar-refractivity contribution is -0.143. The summed E-state index contributed by atoms with van der Waals surface area (Å²) in [6.45, 7) is 3.70.